The summed E-state index contributed by atoms with van der Waals surface area (Å²) in [4.78, 5) is 12.6. The van der Waals surface area contributed by atoms with Gasteiger partial charge in [0.1, 0.15) is 4.88 Å². The molecule has 0 bridgehead atoms. The molecule has 0 aliphatic rings. The van der Waals surface area contributed by atoms with Gasteiger partial charge in [0.25, 0.3) is 0 Å². The summed E-state index contributed by atoms with van der Waals surface area (Å²) < 4.78 is 4.61. The van der Waals surface area contributed by atoms with E-state index < -0.39 is 0 Å². The Kier molecular flexibility index (Phi) is 4.49. The van der Waals surface area contributed by atoms with Crippen LogP contribution in [0.5, 0.6) is 0 Å². The molecule has 5 heteroatoms. The van der Waals surface area contributed by atoms with Gasteiger partial charge in [0.05, 0.1) is 17.7 Å². The van der Waals surface area contributed by atoms with Crippen LogP contribution in [0.25, 0.3) is 0 Å². The number of hydrogen-bond acceptors (Lipinski definition) is 5. The Bertz CT molecular complexity index is 396. The summed E-state index contributed by atoms with van der Waals surface area (Å²) in [6.07, 6.45) is 0.678. The quantitative estimate of drug-likeness (QED) is 0.381. The number of thiophene rings is 1. The fourth-order valence-electron chi connectivity index (χ4n) is 1.28. The zero-order valence-electron chi connectivity index (χ0n) is 9.56. The first-order chi connectivity index (χ1) is 7.58. The molecule has 88 valence electrons. The highest BCUT2D eigenvalue weighted by Crippen LogP contribution is 2.21. The average molecular weight is 241 g/mol. The SMILES string of the molecule is COC(=O)c1ccc(/C(CC(C)C)=N\O)s1. The van der Waals surface area contributed by atoms with Gasteiger partial charge in [0.15, 0.2) is 0 Å². The number of rotatable bonds is 4. The Morgan fingerprint density at radius 3 is 2.62 bits per heavy atom. The van der Waals surface area contributed by atoms with Crippen molar-refractivity contribution in [3.05, 3.63) is 21.9 Å². The molecule has 16 heavy (non-hydrogen) atoms. The van der Waals surface area contributed by atoms with E-state index in [1.165, 1.54) is 18.4 Å². The second-order valence-corrected chi connectivity index (χ2v) is 4.88. The molecule has 0 aliphatic heterocycles. The number of methoxy groups -OCH3 is 1. The van der Waals surface area contributed by atoms with Crippen LogP contribution in [0, 0.1) is 5.92 Å². The van der Waals surface area contributed by atoms with Gasteiger partial charge < -0.3 is 9.94 Å². The maximum Gasteiger partial charge on any atom is 0.348 e. The number of carbonyl (C=O) groups is 1. The summed E-state index contributed by atoms with van der Waals surface area (Å²) in [5.41, 5.74) is 0.607. The van der Waals surface area contributed by atoms with E-state index >= 15 is 0 Å². The molecule has 0 amide bonds. The molecule has 1 heterocycles. The van der Waals surface area contributed by atoms with Crippen LogP contribution in [0.3, 0.4) is 0 Å². The van der Waals surface area contributed by atoms with Crippen molar-refractivity contribution in [2.75, 3.05) is 7.11 Å². The molecule has 0 atom stereocenters. The monoisotopic (exact) mass is 241 g/mol. The van der Waals surface area contributed by atoms with Crippen LogP contribution in [-0.2, 0) is 4.74 Å². The summed E-state index contributed by atoms with van der Waals surface area (Å²) in [5.74, 6) is 0.0349. The first kappa shape index (κ1) is 12.7. The molecule has 0 aliphatic carbocycles. The summed E-state index contributed by atoms with van der Waals surface area (Å²) in [5, 5.41) is 12.2. The number of ether oxygens (including phenoxy) is 1. The predicted molar refractivity (Wildman–Crippen MR) is 63.4 cm³/mol. The van der Waals surface area contributed by atoms with E-state index in [9.17, 15) is 4.79 Å². The van der Waals surface area contributed by atoms with Crippen molar-refractivity contribution in [2.24, 2.45) is 11.1 Å². The molecule has 4 nitrogen and oxygen atoms in total. The van der Waals surface area contributed by atoms with Gasteiger partial charge in [-0.05, 0) is 24.5 Å². The van der Waals surface area contributed by atoms with E-state index in [1.807, 2.05) is 13.8 Å². The maximum atomic E-state index is 11.2. The third-order valence-corrected chi connectivity index (χ3v) is 3.11. The summed E-state index contributed by atoms with van der Waals surface area (Å²) >= 11 is 1.27. The number of oxime groups is 1. The molecule has 1 rings (SSSR count). The summed E-state index contributed by atoms with van der Waals surface area (Å²) in [6.45, 7) is 4.08. The van der Waals surface area contributed by atoms with E-state index in [2.05, 4.69) is 9.89 Å². The zero-order valence-corrected chi connectivity index (χ0v) is 10.4. The van der Waals surface area contributed by atoms with Crippen molar-refractivity contribution < 1.29 is 14.7 Å². The van der Waals surface area contributed by atoms with Crippen LogP contribution < -0.4 is 0 Å². The second kappa shape index (κ2) is 5.65. The molecule has 0 unspecified atom stereocenters. The molecular formula is C11H15NO3S. The lowest BCUT2D eigenvalue weighted by molar-refractivity contribution is 0.0606. The largest absolute Gasteiger partial charge is 0.465 e. The second-order valence-electron chi connectivity index (χ2n) is 3.80. The maximum absolute atomic E-state index is 11.2. The molecule has 0 fully saturated rings. The molecule has 1 N–H and O–H groups in total. The lowest BCUT2D eigenvalue weighted by Crippen LogP contribution is -2.03. The van der Waals surface area contributed by atoms with Crippen molar-refractivity contribution >= 4 is 23.0 Å². The van der Waals surface area contributed by atoms with Crippen molar-refractivity contribution in [2.45, 2.75) is 20.3 Å². The van der Waals surface area contributed by atoms with Crippen LogP contribution in [-0.4, -0.2) is 24.0 Å². The lowest BCUT2D eigenvalue weighted by atomic mass is 10.1. The van der Waals surface area contributed by atoms with Gasteiger partial charge in [0, 0.05) is 0 Å². The molecule has 0 spiro atoms. The molecule has 1 aromatic rings. The number of hydrogen-bond donors (Lipinski definition) is 1. The Balaban J connectivity index is 2.87. The standard InChI is InChI=1S/C11H15NO3S/c1-7(2)6-8(12-14)9-4-5-10(16-9)11(13)15-3/h4-5,7,14H,6H2,1-3H3/b12-8-. The molecular weight excluding hydrogens is 226 g/mol. The lowest BCUT2D eigenvalue weighted by Gasteiger charge is -2.04. The third kappa shape index (κ3) is 3.06. The normalized spacial score (nSPS) is 11.9. The van der Waals surface area contributed by atoms with Gasteiger partial charge in [-0.25, -0.2) is 4.79 Å². The topological polar surface area (TPSA) is 58.9 Å². The fourth-order valence-corrected chi connectivity index (χ4v) is 2.20. The Morgan fingerprint density at radius 1 is 1.50 bits per heavy atom. The molecule has 0 saturated heterocycles. The number of esters is 1. The van der Waals surface area contributed by atoms with Gasteiger partial charge in [-0.15, -0.1) is 11.3 Å². The highest BCUT2D eigenvalue weighted by Gasteiger charge is 2.14. The Hall–Kier alpha value is -1.36. The van der Waals surface area contributed by atoms with Crippen molar-refractivity contribution in [1.82, 2.24) is 0 Å². The number of carbonyl (C=O) groups excluding carboxylic acids is 1. The summed E-state index contributed by atoms with van der Waals surface area (Å²) in [7, 11) is 1.34. The van der Waals surface area contributed by atoms with Gasteiger partial charge in [0.2, 0.25) is 0 Å². The molecule has 0 aromatic carbocycles. The van der Waals surface area contributed by atoms with Crippen molar-refractivity contribution in [1.29, 1.82) is 0 Å². The van der Waals surface area contributed by atoms with E-state index in [0.29, 0.717) is 22.9 Å². The van der Waals surface area contributed by atoms with Gasteiger partial charge >= 0.3 is 5.97 Å². The van der Waals surface area contributed by atoms with Crippen LogP contribution in [0.1, 0.15) is 34.8 Å². The van der Waals surface area contributed by atoms with E-state index in [0.717, 1.165) is 4.88 Å². The van der Waals surface area contributed by atoms with Crippen LogP contribution >= 0.6 is 11.3 Å². The molecule has 1 aromatic heterocycles. The highest BCUT2D eigenvalue weighted by molar-refractivity contribution is 7.16. The Labute approximate surface area is 98.5 Å². The third-order valence-electron chi connectivity index (χ3n) is 2.00. The zero-order chi connectivity index (χ0) is 12.1. The highest BCUT2D eigenvalue weighted by atomic mass is 32.1. The van der Waals surface area contributed by atoms with Crippen molar-refractivity contribution in [3.63, 3.8) is 0 Å². The number of nitrogens with zero attached hydrogens (tertiary/aromatic N) is 1. The minimum absolute atomic E-state index is 0.363. The van der Waals surface area contributed by atoms with E-state index in [-0.39, 0.29) is 5.97 Å². The first-order valence-corrected chi connectivity index (χ1v) is 5.79. The summed E-state index contributed by atoms with van der Waals surface area (Å²) in [6, 6.07) is 3.45. The minimum atomic E-state index is -0.363. The van der Waals surface area contributed by atoms with Crippen molar-refractivity contribution in [3.8, 4) is 0 Å². The van der Waals surface area contributed by atoms with Crippen LogP contribution in [0.15, 0.2) is 17.3 Å². The van der Waals surface area contributed by atoms with Crippen LogP contribution in [0.4, 0.5) is 0 Å². The molecule has 0 radical (unpaired) electrons. The minimum Gasteiger partial charge on any atom is -0.465 e. The van der Waals surface area contributed by atoms with Crippen LogP contribution in [0.2, 0.25) is 0 Å². The Morgan fingerprint density at radius 2 is 2.12 bits per heavy atom. The average Bonchev–Trinajstić information content (AvgIpc) is 2.73. The fraction of sp³-hybridized carbons (Fsp3) is 0.455. The molecule has 0 saturated carbocycles. The van der Waals surface area contributed by atoms with Gasteiger partial charge in [-0.2, -0.15) is 0 Å². The predicted octanol–water partition coefficient (Wildman–Crippen LogP) is 2.76. The van der Waals surface area contributed by atoms with E-state index in [4.69, 9.17) is 5.21 Å². The van der Waals surface area contributed by atoms with E-state index in [1.54, 1.807) is 12.1 Å². The van der Waals surface area contributed by atoms with Gasteiger partial charge in [-0.1, -0.05) is 19.0 Å². The smallest absolute Gasteiger partial charge is 0.348 e. The van der Waals surface area contributed by atoms with Gasteiger partial charge in [-0.3, -0.25) is 0 Å². The first-order valence-electron chi connectivity index (χ1n) is 4.98.